The van der Waals surface area contributed by atoms with E-state index in [0.717, 1.165) is 16.7 Å². The van der Waals surface area contributed by atoms with Crippen molar-refractivity contribution < 1.29 is 9.90 Å². The molecule has 0 radical (unpaired) electrons. The van der Waals surface area contributed by atoms with E-state index in [1.54, 1.807) is 13.0 Å². The van der Waals surface area contributed by atoms with Crippen LogP contribution in [0.4, 0.5) is 0 Å². The molecular weight excluding hydrogens is 204 g/mol. The van der Waals surface area contributed by atoms with Gasteiger partial charge in [-0.2, -0.15) is 0 Å². The number of nitrogens with one attached hydrogen (secondary N) is 1. The van der Waals surface area contributed by atoms with Gasteiger partial charge in [0.15, 0.2) is 0 Å². The Morgan fingerprint density at radius 2 is 2.00 bits per heavy atom. The molecule has 0 heterocycles. The Bertz CT molecular complexity index is 402. The second-order valence-electron chi connectivity index (χ2n) is 4.07. The highest BCUT2D eigenvalue weighted by Gasteiger charge is 2.09. The van der Waals surface area contributed by atoms with Gasteiger partial charge in [0.25, 0.3) is 0 Å². The third kappa shape index (κ3) is 2.97. The molecule has 1 atom stereocenters. The maximum Gasteiger partial charge on any atom is 0.234 e. The summed E-state index contributed by atoms with van der Waals surface area (Å²) in [5.74, 6) is -0.157. The van der Waals surface area contributed by atoms with Crippen molar-refractivity contribution in [2.45, 2.75) is 33.4 Å². The van der Waals surface area contributed by atoms with Gasteiger partial charge >= 0.3 is 0 Å². The minimum Gasteiger partial charge on any atom is -0.508 e. The maximum atomic E-state index is 10.8. The highest BCUT2D eigenvalue weighted by atomic mass is 16.3. The number of benzene rings is 1. The molecular formula is C12H18N2O2. The van der Waals surface area contributed by atoms with E-state index in [2.05, 4.69) is 5.32 Å². The average Bonchev–Trinajstić information content (AvgIpc) is 2.20. The van der Waals surface area contributed by atoms with Crippen molar-refractivity contribution in [3.63, 3.8) is 0 Å². The molecule has 0 aliphatic carbocycles. The third-order valence-electron chi connectivity index (χ3n) is 2.72. The number of hydrogen-bond donors (Lipinski definition) is 3. The Kier molecular flexibility index (Phi) is 3.90. The number of aryl methyl sites for hydroxylation is 2. The van der Waals surface area contributed by atoms with Crippen LogP contribution in [0.15, 0.2) is 12.1 Å². The Labute approximate surface area is 95.5 Å². The van der Waals surface area contributed by atoms with Crippen molar-refractivity contribution in [2.75, 3.05) is 0 Å². The monoisotopic (exact) mass is 222 g/mol. The first-order chi connectivity index (χ1) is 7.41. The van der Waals surface area contributed by atoms with Gasteiger partial charge in [-0.05, 0) is 38.0 Å². The van der Waals surface area contributed by atoms with E-state index in [1.807, 2.05) is 19.9 Å². The number of amides is 1. The van der Waals surface area contributed by atoms with Gasteiger partial charge in [-0.25, -0.2) is 0 Å². The van der Waals surface area contributed by atoms with Crippen molar-refractivity contribution in [2.24, 2.45) is 5.73 Å². The number of phenolic OH excluding ortho intramolecular Hbond substituents is 1. The molecule has 0 aliphatic heterocycles. The van der Waals surface area contributed by atoms with Gasteiger partial charge < -0.3 is 16.2 Å². The Hall–Kier alpha value is -1.55. The van der Waals surface area contributed by atoms with Gasteiger partial charge in [-0.1, -0.05) is 6.07 Å². The van der Waals surface area contributed by atoms with E-state index in [9.17, 15) is 9.90 Å². The topological polar surface area (TPSA) is 75.3 Å². The fourth-order valence-corrected chi connectivity index (χ4v) is 1.37. The number of hydrogen-bond acceptors (Lipinski definition) is 3. The molecule has 0 fully saturated rings. The van der Waals surface area contributed by atoms with Crippen LogP contribution in [0.1, 0.15) is 23.6 Å². The summed E-state index contributed by atoms with van der Waals surface area (Å²) in [5, 5.41) is 12.7. The van der Waals surface area contributed by atoms with Crippen LogP contribution >= 0.6 is 0 Å². The minimum atomic E-state index is -0.402. The number of carbonyl (C=O) groups is 1. The highest BCUT2D eigenvalue weighted by molar-refractivity contribution is 5.79. The van der Waals surface area contributed by atoms with Crippen LogP contribution in [0.2, 0.25) is 0 Å². The number of primary amides is 1. The zero-order valence-electron chi connectivity index (χ0n) is 9.87. The number of carbonyl (C=O) groups excluding carboxylic acids is 1. The normalized spacial score (nSPS) is 12.4. The summed E-state index contributed by atoms with van der Waals surface area (Å²) < 4.78 is 0. The van der Waals surface area contributed by atoms with Crippen molar-refractivity contribution in [1.29, 1.82) is 0 Å². The summed E-state index contributed by atoms with van der Waals surface area (Å²) in [5.41, 5.74) is 8.06. The van der Waals surface area contributed by atoms with Crippen LogP contribution in [0.25, 0.3) is 0 Å². The third-order valence-corrected chi connectivity index (χ3v) is 2.72. The van der Waals surface area contributed by atoms with Gasteiger partial charge in [-0.3, -0.25) is 4.79 Å². The Morgan fingerprint density at radius 1 is 1.44 bits per heavy atom. The lowest BCUT2D eigenvalue weighted by Gasteiger charge is -2.12. The van der Waals surface area contributed by atoms with Crippen molar-refractivity contribution in [3.8, 4) is 5.75 Å². The fourth-order valence-electron chi connectivity index (χ4n) is 1.37. The van der Waals surface area contributed by atoms with E-state index in [-0.39, 0.29) is 5.75 Å². The van der Waals surface area contributed by atoms with Gasteiger partial charge in [0.2, 0.25) is 5.91 Å². The van der Waals surface area contributed by atoms with Crippen molar-refractivity contribution in [3.05, 3.63) is 28.8 Å². The van der Waals surface area contributed by atoms with E-state index in [1.165, 1.54) is 0 Å². The number of nitrogens with two attached hydrogens (primary N) is 1. The summed E-state index contributed by atoms with van der Waals surface area (Å²) in [7, 11) is 0. The minimum absolute atomic E-state index is 0.243. The molecule has 0 saturated heterocycles. The van der Waals surface area contributed by atoms with E-state index in [0.29, 0.717) is 6.54 Å². The molecule has 1 rings (SSSR count). The molecule has 0 bridgehead atoms. The number of phenols is 1. The first-order valence-electron chi connectivity index (χ1n) is 5.23. The zero-order valence-corrected chi connectivity index (χ0v) is 9.87. The molecule has 0 saturated carbocycles. The molecule has 16 heavy (non-hydrogen) atoms. The Balaban J connectivity index is 2.74. The fraction of sp³-hybridized carbons (Fsp3) is 0.417. The van der Waals surface area contributed by atoms with E-state index >= 15 is 0 Å². The van der Waals surface area contributed by atoms with Crippen molar-refractivity contribution >= 4 is 5.91 Å². The smallest absolute Gasteiger partial charge is 0.234 e. The molecule has 0 aromatic heterocycles. The molecule has 0 spiro atoms. The first-order valence-corrected chi connectivity index (χ1v) is 5.23. The summed E-state index contributed by atoms with van der Waals surface area (Å²) >= 11 is 0. The largest absolute Gasteiger partial charge is 0.508 e. The zero-order chi connectivity index (χ0) is 12.3. The number of rotatable bonds is 4. The van der Waals surface area contributed by atoms with Gasteiger partial charge in [0.05, 0.1) is 6.04 Å². The van der Waals surface area contributed by atoms with Gasteiger partial charge in [0, 0.05) is 12.1 Å². The SMILES string of the molecule is Cc1cc(O)c(CNC(C)C(N)=O)cc1C. The summed E-state index contributed by atoms with van der Waals surface area (Å²) in [6.07, 6.45) is 0. The van der Waals surface area contributed by atoms with Crippen molar-refractivity contribution in [1.82, 2.24) is 5.32 Å². The van der Waals surface area contributed by atoms with Gasteiger partial charge in [0.1, 0.15) is 5.75 Å². The predicted octanol–water partition coefficient (Wildman–Crippen LogP) is 0.972. The Morgan fingerprint density at radius 3 is 2.56 bits per heavy atom. The molecule has 4 N–H and O–H groups in total. The molecule has 88 valence electrons. The van der Waals surface area contributed by atoms with Crippen LogP contribution in [0, 0.1) is 13.8 Å². The predicted molar refractivity (Wildman–Crippen MR) is 63.1 cm³/mol. The lowest BCUT2D eigenvalue weighted by Crippen LogP contribution is -2.38. The maximum absolute atomic E-state index is 10.8. The molecule has 1 aromatic rings. The molecule has 1 unspecified atom stereocenters. The summed E-state index contributed by atoms with van der Waals surface area (Å²) in [6, 6.07) is 3.23. The molecule has 4 nitrogen and oxygen atoms in total. The van der Waals surface area contributed by atoms with Crippen LogP contribution in [-0.4, -0.2) is 17.1 Å². The lowest BCUT2D eigenvalue weighted by atomic mass is 10.0. The van der Waals surface area contributed by atoms with E-state index < -0.39 is 11.9 Å². The quantitative estimate of drug-likeness (QED) is 0.710. The number of aromatic hydroxyl groups is 1. The molecule has 4 heteroatoms. The molecule has 0 aliphatic rings. The summed E-state index contributed by atoms with van der Waals surface area (Å²) in [4.78, 5) is 10.8. The van der Waals surface area contributed by atoms with Crippen LogP contribution in [0.5, 0.6) is 5.75 Å². The standard InChI is InChI=1S/C12H18N2O2/c1-7-4-10(11(15)5-8(7)2)6-14-9(3)12(13)16/h4-5,9,14-15H,6H2,1-3H3,(H2,13,16). The molecule has 1 amide bonds. The highest BCUT2D eigenvalue weighted by Crippen LogP contribution is 2.21. The second-order valence-corrected chi connectivity index (χ2v) is 4.07. The van der Waals surface area contributed by atoms with Gasteiger partial charge in [-0.15, -0.1) is 0 Å². The molecule has 1 aromatic carbocycles. The summed E-state index contributed by atoms with van der Waals surface area (Å²) in [6.45, 7) is 6.05. The lowest BCUT2D eigenvalue weighted by molar-refractivity contribution is -0.119. The van der Waals surface area contributed by atoms with Crippen LogP contribution < -0.4 is 11.1 Å². The average molecular weight is 222 g/mol. The second kappa shape index (κ2) is 4.99. The van der Waals surface area contributed by atoms with Crippen LogP contribution in [0.3, 0.4) is 0 Å². The van der Waals surface area contributed by atoms with E-state index in [4.69, 9.17) is 5.73 Å². The first kappa shape index (κ1) is 12.5. The van der Waals surface area contributed by atoms with Crippen LogP contribution in [-0.2, 0) is 11.3 Å².